The summed E-state index contributed by atoms with van der Waals surface area (Å²) in [6, 6.07) is -2.52. The summed E-state index contributed by atoms with van der Waals surface area (Å²) in [6.45, 7) is 10.4. The Hall–Kier alpha value is -1.93. The molecular formula is C15H24N4O3. The first-order valence-corrected chi connectivity index (χ1v) is 6.74. The molecule has 3 atom stereocenters. The van der Waals surface area contributed by atoms with Crippen molar-refractivity contribution >= 4 is 17.3 Å². The van der Waals surface area contributed by atoms with Crippen LogP contribution in [0.4, 0.5) is 0 Å². The quantitative estimate of drug-likeness (QED) is 0.375. The maximum atomic E-state index is 11.5. The molecule has 0 heterocycles. The van der Waals surface area contributed by atoms with Gasteiger partial charge in [-0.2, -0.15) is 0 Å². The molecule has 0 spiro atoms. The van der Waals surface area contributed by atoms with Crippen LogP contribution >= 0.6 is 0 Å². The summed E-state index contributed by atoms with van der Waals surface area (Å²) in [5.41, 5.74) is 17.2. The lowest BCUT2D eigenvalue weighted by atomic mass is 10.1. The van der Waals surface area contributed by atoms with Crippen LogP contribution in [-0.2, 0) is 14.4 Å². The molecule has 22 heavy (non-hydrogen) atoms. The van der Waals surface area contributed by atoms with Crippen molar-refractivity contribution in [2.45, 2.75) is 18.1 Å². The summed E-state index contributed by atoms with van der Waals surface area (Å²) in [6.07, 6.45) is 3.35. The molecule has 0 saturated heterocycles. The summed E-state index contributed by atoms with van der Waals surface area (Å²) in [4.78, 5) is 36.1. The number of hydrogen-bond acceptors (Lipinski definition) is 7. The minimum Gasteiger partial charge on any atom is -0.320 e. The smallest absolute Gasteiger partial charge is 0.173 e. The monoisotopic (exact) mass is 308 g/mol. The third-order valence-corrected chi connectivity index (χ3v) is 3.06. The average Bonchev–Trinajstić information content (AvgIpc) is 2.51. The van der Waals surface area contributed by atoms with Crippen molar-refractivity contribution in [1.29, 1.82) is 0 Å². The Bertz CT molecular complexity index is 395. The van der Waals surface area contributed by atoms with E-state index in [-0.39, 0.29) is 37.0 Å². The Morgan fingerprint density at radius 1 is 0.727 bits per heavy atom. The lowest BCUT2D eigenvalue weighted by Gasteiger charge is -2.28. The lowest BCUT2D eigenvalue weighted by molar-refractivity contribution is -0.116. The van der Waals surface area contributed by atoms with Crippen LogP contribution in [-0.4, -0.2) is 60.0 Å². The number of rotatable bonds is 12. The topological polar surface area (TPSA) is 133 Å². The van der Waals surface area contributed by atoms with E-state index in [4.69, 9.17) is 17.2 Å². The van der Waals surface area contributed by atoms with E-state index in [2.05, 4.69) is 19.7 Å². The first-order chi connectivity index (χ1) is 10.3. The van der Waals surface area contributed by atoms with Crippen molar-refractivity contribution in [1.82, 2.24) is 4.90 Å². The predicted octanol–water partition coefficient (Wildman–Crippen LogP) is -1.46. The van der Waals surface area contributed by atoms with E-state index in [1.165, 1.54) is 0 Å². The van der Waals surface area contributed by atoms with Crippen LogP contribution in [0.5, 0.6) is 0 Å². The van der Waals surface area contributed by atoms with Gasteiger partial charge in [0.15, 0.2) is 17.3 Å². The fraction of sp³-hybridized carbons (Fsp3) is 0.400. The van der Waals surface area contributed by atoms with E-state index in [1.807, 2.05) is 0 Å². The normalized spacial score (nSPS) is 14.7. The predicted molar refractivity (Wildman–Crippen MR) is 86.0 cm³/mol. The second-order valence-electron chi connectivity index (χ2n) is 4.86. The maximum absolute atomic E-state index is 11.5. The summed E-state index contributed by atoms with van der Waals surface area (Å²) >= 11 is 0. The van der Waals surface area contributed by atoms with E-state index in [0.717, 1.165) is 18.2 Å². The van der Waals surface area contributed by atoms with Gasteiger partial charge in [0.2, 0.25) is 0 Å². The Morgan fingerprint density at radius 3 is 1.14 bits per heavy atom. The Labute approximate surface area is 130 Å². The van der Waals surface area contributed by atoms with Crippen molar-refractivity contribution in [3.63, 3.8) is 0 Å². The number of hydrogen-bond donors (Lipinski definition) is 3. The van der Waals surface area contributed by atoms with Gasteiger partial charge in [0.25, 0.3) is 0 Å². The lowest BCUT2D eigenvalue weighted by Crippen LogP contribution is -2.52. The first-order valence-electron chi connectivity index (χ1n) is 6.74. The van der Waals surface area contributed by atoms with Crippen LogP contribution in [0.1, 0.15) is 0 Å². The summed E-state index contributed by atoms with van der Waals surface area (Å²) in [5, 5.41) is 0. The van der Waals surface area contributed by atoms with E-state index in [1.54, 1.807) is 4.90 Å². The largest absolute Gasteiger partial charge is 0.320 e. The number of carbonyl (C=O) groups is 3. The van der Waals surface area contributed by atoms with Crippen LogP contribution < -0.4 is 17.2 Å². The van der Waals surface area contributed by atoms with Gasteiger partial charge in [-0.1, -0.05) is 19.7 Å². The summed E-state index contributed by atoms with van der Waals surface area (Å²) < 4.78 is 0. The molecule has 0 aromatic heterocycles. The molecule has 7 nitrogen and oxygen atoms in total. The van der Waals surface area contributed by atoms with E-state index >= 15 is 0 Å². The molecule has 3 unspecified atom stereocenters. The van der Waals surface area contributed by atoms with Crippen LogP contribution in [0.2, 0.25) is 0 Å². The van der Waals surface area contributed by atoms with E-state index in [0.29, 0.717) is 0 Å². The molecule has 0 aliphatic rings. The summed E-state index contributed by atoms with van der Waals surface area (Å²) in [7, 11) is 0. The third-order valence-electron chi connectivity index (χ3n) is 3.06. The molecule has 0 aromatic carbocycles. The molecule has 0 aliphatic carbocycles. The minimum absolute atomic E-state index is 0.0983. The van der Waals surface area contributed by atoms with Gasteiger partial charge in [0.1, 0.15) is 0 Å². The van der Waals surface area contributed by atoms with Gasteiger partial charge in [0.05, 0.1) is 18.1 Å². The molecule has 0 bridgehead atoms. The van der Waals surface area contributed by atoms with Crippen molar-refractivity contribution in [2.75, 3.05) is 19.6 Å². The van der Waals surface area contributed by atoms with E-state index < -0.39 is 18.1 Å². The van der Waals surface area contributed by atoms with Crippen molar-refractivity contribution in [2.24, 2.45) is 17.2 Å². The van der Waals surface area contributed by atoms with Crippen LogP contribution in [0.3, 0.4) is 0 Å². The molecule has 122 valence electrons. The van der Waals surface area contributed by atoms with Gasteiger partial charge in [-0.15, -0.1) is 0 Å². The fourth-order valence-electron chi connectivity index (χ4n) is 1.78. The highest BCUT2D eigenvalue weighted by molar-refractivity contribution is 5.95. The average molecular weight is 308 g/mol. The Kier molecular flexibility index (Phi) is 9.04. The third kappa shape index (κ3) is 6.68. The molecule has 0 aliphatic heterocycles. The molecule has 0 radical (unpaired) electrons. The second kappa shape index (κ2) is 9.91. The zero-order valence-electron chi connectivity index (χ0n) is 12.6. The first kappa shape index (κ1) is 20.1. The molecule has 0 saturated carbocycles. The number of ketones is 3. The summed E-state index contributed by atoms with van der Waals surface area (Å²) in [5.74, 6) is -1.05. The molecule has 0 amide bonds. The molecular weight excluding hydrogens is 284 g/mol. The van der Waals surface area contributed by atoms with Gasteiger partial charge in [-0.05, 0) is 18.2 Å². The highest BCUT2D eigenvalue weighted by Crippen LogP contribution is 2.00. The fourth-order valence-corrected chi connectivity index (χ4v) is 1.78. The van der Waals surface area contributed by atoms with Gasteiger partial charge < -0.3 is 17.2 Å². The molecule has 0 fully saturated rings. The van der Waals surface area contributed by atoms with Gasteiger partial charge >= 0.3 is 0 Å². The Morgan fingerprint density at radius 2 is 0.955 bits per heavy atom. The van der Waals surface area contributed by atoms with Crippen LogP contribution in [0.25, 0.3) is 0 Å². The van der Waals surface area contributed by atoms with Crippen LogP contribution in [0, 0.1) is 0 Å². The van der Waals surface area contributed by atoms with Gasteiger partial charge in [-0.3, -0.25) is 19.3 Å². The van der Waals surface area contributed by atoms with E-state index in [9.17, 15) is 14.4 Å². The number of nitrogens with zero attached hydrogens (tertiary/aromatic N) is 1. The number of nitrogens with two attached hydrogens (primary N) is 3. The molecule has 0 rings (SSSR count). The van der Waals surface area contributed by atoms with Gasteiger partial charge in [-0.25, -0.2) is 0 Å². The van der Waals surface area contributed by atoms with Crippen molar-refractivity contribution < 1.29 is 14.4 Å². The van der Waals surface area contributed by atoms with Crippen LogP contribution in [0.15, 0.2) is 38.0 Å². The highest BCUT2D eigenvalue weighted by Gasteiger charge is 2.23. The van der Waals surface area contributed by atoms with Crippen molar-refractivity contribution in [3.05, 3.63) is 38.0 Å². The molecule has 6 N–H and O–H groups in total. The Balaban J connectivity index is 4.96. The minimum atomic E-state index is -0.838. The highest BCUT2D eigenvalue weighted by atomic mass is 16.1. The zero-order chi connectivity index (χ0) is 17.3. The second-order valence-corrected chi connectivity index (χ2v) is 4.86. The molecule has 0 aromatic rings. The maximum Gasteiger partial charge on any atom is 0.173 e. The van der Waals surface area contributed by atoms with Crippen molar-refractivity contribution in [3.8, 4) is 0 Å². The zero-order valence-corrected chi connectivity index (χ0v) is 12.6. The SMILES string of the molecule is C=CC(=O)C(N)CN(CC(N)C(=O)C=C)CC(N)C(=O)C=C. The molecule has 7 heteroatoms. The standard InChI is InChI=1S/C15H24N4O3/c1-4-13(20)10(16)7-19(8-11(17)14(21)5-2)9-12(18)15(22)6-3/h4-6,10-12H,1-3,7-9,16-18H2. The number of carbonyl (C=O) groups excluding carboxylic acids is 3. The van der Waals surface area contributed by atoms with Gasteiger partial charge in [0, 0.05) is 19.6 Å².